The van der Waals surface area contributed by atoms with Crippen LogP contribution in [0.5, 0.6) is 0 Å². The first kappa shape index (κ1) is 17.6. The predicted molar refractivity (Wildman–Crippen MR) is 97.9 cm³/mol. The number of carbonyl (C=O) groups excluding carboxylic acids is 1. The lowest BCUT2D eigenvalue weighted by Crippen LogP contribution is -2.41. The van der Waals surface area contributed by atoms with E-state index in [2.05, 4.69) is 15.6 Å². The van der Waals surface area contributed by atoms with Crippen molar-refractivity contribution >= 4 is 32.5 Å². The summed E-state index contributed by atoms with van der Waals surface area (Å²) in [6, 6.07) is 7.29. The topological polar surface area (TPSA) is 91.4 Å². The van der Waals surface area contributed by atoms with Crippen LogP contribution < -0.4 is 10.6 Å². The smallest absolute Gasteiger partial charge is 0.319 e. The number of amides is 2. The lowest BCUT2D eigenvalue weighted by molar-refractivity contribution is 0.241. The average Bonchev–Trinajstić information content (AvgIpc) is 2.60. The Bertz CT molecular complexity index is 856. The Labute approximate surface area is 147 Å². The summed E-state index contributed by atoms with van der Waals surface area (Å²) < 4.78 is 24.5. The molecule has 1 fully saturated rings. The van der Waals surface area contributed by atoms with E-state index < -0.39 is 10.0 Å². The highest BCUT2D eigenvalue weighted by atomic mass is 32.2. The number of carbonyl (C=O) groups is 1. The molecule has 0 bridgehead atoms. The van der Waals surface area contributed by atoms with Gasteiger partial charge in [-0.15, -0.1) is 0 Å². The molecule has 2 aromatic rings. The van der Waals surface area contributed by atoms with Gasteiger partial charge in [-0.2, -0.15) is 0 Å². The van der Waals surface area contributed by atoms with Gasteiger partial charge in [-0.1, -0.05) is 12.1 Å². The van der Waals surface area contributed by atoms with E-state index in [0.29, 0.717) is 25.6 Å². The van der Waals surface area contributed by atoms with Gasteiger partial charge in [0.15, 0.2) is 0 Å². The Morgan fingerprint density at radius 3 is 2.76 bits per heavy atom. The lowest BCUT2D eigenvalue weighted by atomic mass is 9.98. The van der Waals surface area contributed by atoms with Crippen LogP contribution in [0.3, 0.4) is 0 Å². The number of piperidine rings is 1. The summed E-state index contributed by atoms with van der Waals surface area (Å²) in [7, 11) is -3.11. The van der Waals surface area contributed by atoms with Crippen molar-refractivity contribution in [2.45, 2.75) is 12.8 Å². The van der Waals surface area contributed by atoms with Crippen molar-refractivity contribution in [3.05, 3.63) is 36.7 Å². The zero-order valence-electron chi connectivity index (χ0n) is 14.1. The van der Waals surface area contributed by atoms with Gasteiger partial charge in [0.05, 0.1) is 11.9 Å². The molecule has 2 heterocycles. The highest BCUT2D eigenvalue weighted by molar-refractivity contribution is 7.88. The molecule has 2 amide bonds. The summed E-state index contributed by atoms with van der Waals surface area (Å²) in [6.45, 7) is 1.57. The Morgan fingerprint density at radius 1 is 1.28 bits per heavy atom. The molecule has 0 radical (unpaired) electrons. The van der Waals surface area contributed by atoms with Gasteiger partial charge in [0, 0.05) is 42.8 Å². The molecule has 1 aliphatic rings. The second kappa shape index (κ2) is 7.37. The molecule has 1 aliphatic heterocycles. The van der Waals surface area contributed by atoms with Crippen LogP contribution in [0.4, 0.5) is 10.5 Å². The summed E-state index contributed by atoms with van der Waals surface area (Å²) in [6.07, 6.45) is 6.20. The van der Waals surface area contributed by atoms with Crippen molar-refractivity contribution in [2.24, 2.45) is 5.92 Å². The van der Waals surface area contributed by atoms with Gasteiger partial charge < -0.3 is 10.6 Å². The number of urea groups is 1. The van der Waals surface area contributed by atoms with E-state index in [-0.39, 0.29) is 6.03 Å². The van der Waals surface area contributed by atoms with Gasteiger partial charge in [0.1, 0.15) is 0 Å². The fourth-order valence-electron chi connectivity index (χ4n) is 3.08. The van der Waals surface area contributed by atoms with Crippen LogP contribution >= 0.6 is 0 Å². The third-order valence-electron chi connectivity index (χ3n) is 4.52. The van der Waals surface area contributed by atoms with Gasteiger partial charge in [0.2, 0.25) is 10.0 Å². The highest BCUT2D eigenvalue weighted by Crippen LogP contribution is 2.22. The molecular formula is C17H22N4O3S. The number of nitrogens with zero attached hydrogens (tertiary/aromatic N) is 2. The van der Waals surface area contributed by atoms with Crippen molar-refractivity contribution in [3.63, 3.8) is 0 Å². The Hall–Kier alpha value is -2.19. The van der Waals surface area contributed by atoms with Gasteiger partial charge in [-0.3, -0.25) is 4.98 Å². The highest BCUT2D eigenvalue weighted by Gasteiger charge is 2.25. The molecule has 2 N–H and O–H groups in total. The monoisotopic (exact) mass is 362 g/mol. The van der Waals surface area contributed by atoms with E-state index in [1.807, 2.05) is 24.3 Å². The van der Waals surface area contributed by atoms with Gasteiger partial charge >= 0.3 is 6.03 Å². The number of sulfonamides is 1. The average molecular weight is 362 g/mol. The van der Waals surface area contributed by atoms with E-state index in [9.17, 15) is 13.2 Å². The standard InChI is InChI=1S/C17H22N4O3S/c1-25(23,24)21-9-6-13(7-10-21)11-19-17(22)20-16-4-2-3-14-12-18-8-5-15(14)16/h2-5,8,12-13H,6-7,9-11H2,1H3,(H2,19,20,22). The Kier molecular flexibility index (Phi) is 5.19. The molecule has 1 aromatic carbocycles. The summed E-state index contributed by atoms with van der Waals surface area (Å²) in [5, 5.41) is 7.66. The van der Waals surface area contributed by atoms with Gasteiger partial charge in [-0.25, -0.2) is 17.5 Å². The second-order valence-corrected chi connectivity index (χ2v) is 8.33. The molecule has 7 nitrogen and oxygen atoms in total. The number of aromatic nitrogens is 1. The SMILES string of the molecule is CS(=O)(=O)N1CCC(CNC(=O)Nc2cccc3cnccc23)CC1. The summed E-state index contributed by atoms with van der Waals surface area (Å²) >= 11 is 0. The number of hydrogen-bond donors (Lipinski definition) is 2. The van der Waals surface area contributed by atoms with E-state index in [1.54, 1.807) is 12.4 Å². The molecule has 0 saturated carbocycles. The molecule has 0 unspecified atom stereocenters. The minimum absolute atomic E-state index is 0.255. The maximum absolute atomic E-state index is 12.2. The zero-order valence-corrected chi connectivity index (χ0v) is 14.9. The first-order chi connectivity index (χ1) is 11.9. The van der Waals surface area contributed by atoms with E-state index in [0.717, 1.165) is 29.3 Å². The molecule has 134 valence electrons. The fraction of sp³-hybridized carbons (Fsp3) is 0.412. The number of hydrogen-bond acceptors (Lipinski definition) is 4. The second-order valence-electron chi connectivity index (χ2n) is 6.34. The number of nitrogens with one attached hydrogen (secondary N) is 2. The van der Waals surface area contributed by atoms with Crippen LogP contribution in [0.25, 0.3) is 10.8 Å². The molecular weight excluding hydrogens is 340 g/mol. The zero-order chi connectivity index (χ0) is 17.9. The van der Waals surface area contributed by atoms with Crippen molar-refractivity contribution < 1.29 is 13.2 Å². The van der Waals surface area contributed by atoms with Crippen molar-refractivity contribution in [2.75, 3.05) is 31.2 Å². The summed E-state index contributed by atoms with van der Waals surface area (Å²) in [4.78, 5) is 16.3. The van der Waals surface area contributed by atoms with Crippen molar-refractivity contribution in [1.82, 2.24) is 14.6 Å². The van der Waals surface area contributed by atoms with E-state index in [1.165, 1.54) is 10.6 Å². The third kappa shape index (κ3) is 4.46. The quantitative estimate of drug-likeness (QED) is 0.870. The Balaban J connectivity index is 1.52. The maximum Gasteiger partial charge on any atom is 0.319 e. The molecule has 0 spiro atoms. The Morgan fingerprint density at radius 2 is 2.04 bits per heavy atom. The number of pyridine rings is 1. The van der Waals surface area contributed by atoms with Crippen LogP contribution in [0.2, 0.25) is 0 Å². The maximum atomic E-state index is 12.2. The minimum Gasteiger partial charge on any atom is -0.338 e. The van der Waals surface area contributed by atoms with Crippen molar-refractivity contribution in [3.8, 4) is 0 Å². The summed E-state index contributed by atoms with van der Waals surface area (Å²) in [5.74, 6) is 0.292. The molecule has 25 heavy (non-hydrogen) atoms. The predicted octanol–water partition coefficient (Wildman–Crippen LogP) is 2.03. The largest absolute Gasteiger partial charge is 0.338 e. The van der Waals surface area contributed by atoms with Crippen molar-refractivity contribution in [1.29, 1.82) is 0 Å². The van der Waals surface area contributed by atoms with Crippen LogP contribution in [-0.2, 0) is 10.0 Å². The number of rotatable bonds is 4. The lowest BCUT2D eigenvalue weighted by Gasteiger charge is -2.30. The first-order valence-corrected chi connectivity index (χ1v) is 10.1. The van der Waals surface area contributed by atoms with Crippen LogP contribution in [-0.4, -0.2) is 49.6 Å². The third-order valence-corrected chi connectivity index (χ3v) is 5.83. The molecule has 3 rings (SSSR count). The summed E-state index contributed by atoms with van der Waals surface area (Å²) in [5.41, 5.74) is 0.740. The number of anilines is 1. The molecule has 1 aromatic heterocycles. The van der Waals surface area contributed by atoms with Crippen LogP contribution in [0, 0.1) is 5.92 Å². The van der Waals surface area contributed by atoms with E-state index in [4.69, 9.17) is 0 Å². The normalized spacial score (nSPS) is 16.7. The van der Waals surface area contributed by atoms with Gasteiger partial charge in [0.25, 0.3) is 0 Å². The van der Waals surface area contributed by atoms with Crippen LogP contribution in [0.15, 0.2) is 36.7 Å². The minimum atomic E-state index is -3.11. The fourth-order valence-corrected chi connectivity index (χ4v) is 3.95. The number of fused-ring (bicyclic) bond motifs is 1. The molecule has 0 atom stereocenters. The molecule has 0 aliphatic carbocycles. The first-order valence-electron chi connectivity index (χ1n) is 8.26. The molecule has 1 saturated heterocycles. The van der Waals surface area contributed by atoms with Gasteiger partial charge in [-0.05, 0) is 30.9 Å². The van der Waals surface area contributed by atoms with E-state index >= 15 is 0 Å². The number of benzene rings is 1. The molecule has 8 heteroatoms. The van der Waals surface area contributed by atoms with Crippen LogP contribution in [0.1, 0.15) is 12.8 Å².